The van der Waals surface area contributed by atoms with Crippen molar-refractivity contribution in [2.24, 2.45) is 5.92 Å². The summed E-state index contributed by atoms with van der Waals surface area (Å²) in [6, 6.07) is 4.06. The van der Waals surface area contributed by atoms with Gasteiger partial charge in [-0.3, -0.25) is 4.79 Å². The maximum atomic E-state index is 11.6. The van der Waals surface area contributed by atoms with Crippen molar-refractivity contribution < 1.29 is 4.79 Å². The van der Waals surface area contributed by atoms with Gasteiger partial charge in [0.1, 0.15) is 5.82 Å². The number of nitrogens with one attached hydrogen (secondary N) is 2. The predicted molar refractivity (Wildman–Crippen MR) is 79.7 cm³/mol. The smallest absolute Gasteiger partial charge is 0.271 e. The van der Waals surface area contributed by atoms with E-state index in [0.717, 1.165) is 5.82 Å². The van der Waals surface area contributed by atoms with Crippen LogP contribution in [0.2, 0.25) is 0 Å². The van der Waals surface area contributed by atoms with Crippen molar-refractivity contribution in [2.75, 3.05) is 11.9 Å². The first kappa shape index (κ1) is 14.8. The normalized spacial score (nSPS) is 22.3. The number of hydrogen-bond donors (Lipinski definition) is 2. The zero-order valence-electron chi connectivity index (χ0n) is 12.4. The summed E-state index contributed by atoms with van der Waals surface area (Å²) < 4.78 is 0. The summed E-state index contributed by atoms with van der Waals surface area (Å²) in [5.74, 6) is 1.31. The van der Waals surface area contributed by atoms with E-state index in [1.165, 1.54) is 32.1 Å². The van der Waals surface area contributed by atoms with E-state index >= 15 is 0 Å². The Labute approximate surface area is 120 Å². The average molecular weight is 276 g/mol. The molecule has 2 N–H and O–H groups in total. The average Bonchev–Trinajstić information content (AvgIpc) is 2.49. The molecule has 1 amide bonds. The molecule has 1 saturated carbocycles. The second kappa shape index (κ2) is 7.22. The summed E-state index contributed by atoms with van der Waals surface area (Å²) in [6.45, 7) is 4.73. The van der Waals surface area contributed by atoms with Crippen LogP contribution < -0.4 is 10.6 Å². The van der Waals surface area contributed by atoms with Crippen molar-refractivity contribution in [1.82, 2.24) is 15.5 Å². The van der Waals surface area contributed by atoms with Crippen molar-refractivity contribution in [1.29, 1.82) is 0 Å². The van der Waals surface area contributed by atoms with Gasteiger partial charge in [0, 0.05) is 12.6 Å². The highest BCUT2D eigenvalue weighted by atomic mass is 16.1. The van der Waals surface area contributed by atoms with Gasteiger partial charge in [-0.05, 0) is 37.8 Å². The lowest BCUT2D eigenvalue weighted by molar-refractivity contribution is 0.0950. The number of aromatic nitrogens is 2. The molecule has 1 fully saturated rings. The molecule has 1 heterocycles. The third-order valence-corrected chi connectivity index (χ3v) is 4.00. The monoisotopic (exact) mass is 276 g/mol. The summed E-state index contributed by atoms with van der Waals surface area (Å²) in [5, 5.41) is 14.3. The van der Waals surface area contributed by atoms with Gasteiger partial charge in [0.15, 0.2) is 5.69 Å². The molecule has 0 aromatic carbocycles. The molecule has 1 aromatic heterocycles. The van der Waals surface area contributed by atoms with E-state index in [2.05, 4.69) is 27.8 Å². The molecule has 0 spiro atoms. The van der Waals surface area contributed by atoms with Crippen LogP contribution in [0.25, 0.3) is 0 Å². The van der Waals surface area contributed by atoms with E-state index in [4.69, 9.17) is 0 Å². The van der Waals surface area contributed by atoms with Crippen molar-refractivity contribution in [3.05, 3.63) is 17.8 Å². The molecule has 0 saturated heterocycles. The third kappa shape index (κ3) is 3.68. The highest BCUT2D eigenvalue weighted by Gasteiger charge is 2.23. The van der Waals surface area contributed by atoms with Gasteiger partial charge in [0.25, 0.3) is 5.91 Å². The topological polar surface area (TPSA) is 66.9 Å². The first-order valence-corrected chi connectivity index (χ1v) is 7.63. The fraction of sp³-hybridized carbons (Fsp3) is 0.667. The Bertz CT molecular complexity index is 432. The molecule has 0 bridgehead atoms. The predicted octanol–water partition coefficient (Wildman–Crippen LogP) is 2.61. The van der Waals surface area contributed by atoms with E-state index in [1.807, 2.05) is 13.0 Å². The fourth-order valence-corrected chi connectivity index (χ4v) is 2.86. The minimum Gasteiger partial charge on any atom is -0.366 e. The van der Waals surface area contributed by atoms with Gasteiger partial charge in [-0.15, -0.1) is 10.2 Å². The molecule has 1 aliphatic rings. The van der Waals surface area contributed by atoms with E-state index < -0.39 is 0 Å². The van der Waals surface area contributed by atoms with Gasteiger partial charge < -0.3 is 10.6 Å². The molecule has 20 heavy (non-hydrogen) atoms. The van der Waals surface area contributed by atoms with Crippen LogP contribution in [0, 0.1) is 5.92 Å². The second-order valence-electron chi connectivity index (χ2n) is 5.37. The van der Waals surface area contributed by atoms with Crippen molar-refractivity contribution >= 4 is 11.7 Å². The maximum Gasteiger partial charge on any atom is 0.271 e. The molecule has 1 aromatic rings. The number of nitrogens with zero attached hydrogens (tertiary/aromatic N) is 2. The van der Waals surface area contributed by atoms with Gasteiger partial charge in [0.05, 0.1) is 0 Å². The summed E-state index contributed by atoms with van der Waals surface area (Å²) in [6.07, 6.45) is 6.29. The molecular formula is C15H24N4O. The van der Waals surface area contributed by atoms with E-state index in [0.29, 0.717) is 24.2 Å². The number of carbonyl (C=O) groups is 1. The zero-order valence-corrected chi connectivity index (χ0v) is 12.4. The van der Waals surface area contributed by atoms with E-state index in [-0.39, 0.29) is 5.91 Å². The largest absolute Gasteiger partial charge is 0.366 e. The molecule has 110 valence electrons. The van der Waals surface area contributed by atoms with Crippen LogP contribution in [0.15, 0.2) is 12.1 Å². The van der Waals surface area contributed by atoms with Crippen LogP contribution in [-0.2, 0) is 0 Å². The van der Waals surface area contributed by atoms with Crippen LogP contribution in [-0.4, -0.2) is 28.7 Å². The zero-order chi connectivity index (χ0) is 14.4. The second-order valence-corrected chi connectivity index (χ2v) is 5.37. The van der Waals surface area contributed by atoms with Crippen LogP contribution in [0.5, 0.6) is 0 Å². The lowest BCUT2D eigenvalue weighted by atomic mass is 9.83. The summed E-state index contributed by atoms with van der Waals surface area (Å²) >= 11 is 0. The number of carbonyl (C=O) groups excluding carboxylic acids is 1. The Hall–Kier alpha value is -1.65. The van der Waals surface area contributed by atoms with Crippen LogP contribution in [0.4, 0.5) is 5.82 Å². The summed E-state index contributed by atoms with van der Waals surface area (Å²) in [5.41, 5.74) is 0.369. The summed E-state index contributed by atoms with van der Waals surface area (Å²) in [4.78, 5) is 11.6. The number of amides is 1. The van der Waals surface area contributed by atoms with Crippen LogP contribution in [0.3, 0.4) is 0 Å². The minimum absolute atomic E-state index is 0.171. The molecular weight excluding hydrogens is 252 g/mol. The standard InChI is InChI=1S/C15H24N4O/c1-3-11-7-5-6-8-12(11)17-14-10-9-13(18-19-14)15(20)16-4-2/h9-12H,3-8H2,1-2H3,(H,16,20)(H,17,19). The number of rotatable bonds is 5. The van der Waals surface area contributed by atoms with Crippen LogP contribution >= 0.6 is 0 Å². The molecule has 1 aliphatic carbocycles. The Morgan fingerprint density at radius 2 is 2.05 bits per heavy atom. The molecule has 5 heteroatoms. The lowest BCUT2D eigenvalue weighted by Crippen LogP contribution is -2.32. The Kier molecular flexibility index (Phi) is 5.32. The Balaban J connectivity index is 1.97. The molecule has 0 radical (unpaired) electrons. The van der Waals surface area contributed by atoms with Gasteiger partial charge in [0.2, 0.25) is 0 Å². The van der Waals surface area contributed by atoms with Gasteiger partial charge in [-0.25, -0.2) is 0 Å². The molecule has 2 unspecified atom stereocenters. The molecule has 2 atom stereocenters. The third-order valence-electron chi connectivity index (χ3n) is 4.00. The van der Waals surface area contributed by atoms with Crippen LogP contribution in [0.1, 0.15) is 56.4 Å². The lowest BCUT2D eigenvalue weighted by Gasteiger charge is -2.31. The molecule has 0 aliphatic heterocycles. The Morgan fingerprint density at radius 3 is 2.70 bits per heavy atom. The van der Waals surface area contributed by atoms with Gasteiger partial charge in [-0.2, -0.15) is 0 Å². The molecule has 2 rings (SSSR count). The minimum atomic E-state index is -0.171. The van der Waals surface area contributed by atoms with E-state index in [1.54, 1.807) is 6.07 Å². The highest BCUT2D eigenvalue weighted by molar-refractivity contribution is 5.92. The number of hydrogen-bond acceptors (Lipinski definition) is 4. The maximum absolute atomic E-state index is 11.6. The number of anilines is 1. The van der Waals surface area contributed by atoms with Gasteiger partial charge >= 0.3 is 0 Å². The molecule has 5 nitrogen and oxygen atoms in total. The van der Waals surface area contributed by atoms with Gasteiger partial charge in [-0.1, -0.05) is 26.2 Å². The van der Waals surface area contributed by atoms with Crippen molar-refractivity contribution in [2.45, 2.75) is 52.0 Å². The highest BCUT2D eigenvalue weighted by Crippen LogP contribution is 2.28. The summed E-state index contributed by atoms with van der Waals surface area (Å²) in [7, 11) is 0. The SMILES string of the molecule is CCNC(=O)c1ccc(NC2CCCCC2CC)nn1. The Morgan fingerprint density at radius 1 is 1.25 bits per heavy atom. The van der Waals surface area contributed by atoms with E-state index in [9.17, 15) is 4.79 Å². The fourth-order valence-electron chi connectivity index (χ4n) is 2.86. The quantitative estimate of drug-likeness (QED) is 0.867. The first-order chi connectivity index (χ1) is 9.74. The van der Waals surface area contributed by atoms with Crippen molar-refractivity contribution in [3.63, 3.8) is 0 Å². The first-order valence-electron chi connectivity index (χ1n) is 7.63. The van der Waals surface area contributed by atoms with Crippen molar-refractivity contribution in [3.8, 4) is 0 Å².